The highest BCUT2D eigenvalue weighted by Crippen LogP contribution is 2.24. The zero-order chi connectivity index (χ0) is 15.9. The van der Waals surface area contributed by atoms with Gasteiger partial charge in [0.25, 0.3) is 5.91 Å². The zero-order valence-electron chi connectivity index (χ0n) is 13.4. The SMILES string of the molecule is CCC(C)(C)NC(=O)COc1ccc(OC)cc1CCN. The summed E-state index contributed by atoms with van der Waals surface area (Å²) in [4.78, 5) is 11.9. The van der Waals surface area contributed by atoms with E-state index in [9.17, 15) is 4.79 Å². The average Bonchev–Trinajstić information content (AvgIpc) is 2.45. The Morgan fingerprint density at radius 2 is 2.10 bits per heavy atom. The minimum absolute atomic E-state index is 0.00662. The van der Waals surface area contributed by atoms with Gasteiger partial charge in [-0.25, -0.2) is 0 Å². The number of benzene rings is 1. The molecule has 0 radical (unpaired) electrons. The molecule has 0 bridgehead atoms. The molecule has 5 nitrogen and oxygen atoms in total. The number of carbonyl (C=O) groups excluding carboxylic acids is 1. The largest absolute Gasteiger partial charge is 0.497 e. The van der Waals surface area contributed by atoms with Gasteiger partial charge in [-0.2, -0.15) is 0 Å². The van der Waals surface area contributed by atoms with Gasteiger partial charge in [0, 0.05) is 5.54 Å². The van der Waals surface area contributed by atoms with Gasteiger partial charge in [-0.15, -0.1) is 0 Å². The number of carbonyl (C=O) groups is 1. The van der Waals surface area contributed by atoms with E-state index in [2.05, 4.69) is 5.32 Å². The van der Waals surface area contributed by atoms with Crippen LogP contribution in [0.5, 0.6) is 11.5 Å². The van der Waals surface area contributed by atoms with Crippen LogP contribution in [0.15, 0.2) is 18.2 Å². The maximum atomic E-state index is 11.9. The Kier molecular flexibility index (Phi) is 6.49. The molecule has 0 aliphatic heterocycles. The predicted octanol–water partition coefficient (Wildman–Crippen LogP) is 1.88. The zero-order valence-corrected chi connectivity index (χ0v) is 13.4. The number of ether oxygens (including phenoxy) is 2. The summed E-state index contributed by atoms with van der Waals surface area (Å²) < 4.78 is 10.8. The van der Waals surface area contributed by atoms with Crippen molar-refractivity contribution in [2.75, 3.05) is 20.3 Å². The smallest absolute Gasteiger partial charge is 0.258 e. The van der Waals surface area contributed by atoms with Gasteiger partial charge < -0.3 is 20.5 Å². The fraction of sp³-hybridized carbons (Fsp3) is 0.562. The Morgan fingerprint density at radius 3 is 2.67 bits per heavy atom. The van der Waals surface area contributed by atoms with Gasteiger partial charge in [-0.05, 0) is 57.0 Å². The first-order valence-corrected chi connectivity index (χ1v) is 7.22. The quantitative estimate of drug-likeness (QED) is 0.768. The van der Waals surface area contributed by atoms with Gasteiger partial charge in [-0.1, -0.05) is 6.92 Å². The molecule has 118 valence electrons. The topological polar surface area (TPSA) is 73.6 Å². The monoisotopic (exact) mass is 294 g/mol. The Labute approximate surface area is 126 Å². The lowest BCUT2D eigenvalue weighted by Gasteiger charge is -2.24. The summed E-state index contributed by atoms with van der Waals surface area (Å²) in [6, 6.07) is 5.50. The molecule has 0 aliphatic rings. The summed E-state index contributed by atoms with van der Waals surface area (Å²) >= 11 is 0. The highest BCUT2D eigenvalue weighted by atomic mass is 16.5. The number of hydrogen-bond acceptors (Lipinski definition) is 4. The molecule has 0 atom stereocenters. The number of hydrogen-bond donors (Lipinski definition) is 2. The first-order valence-electron chi connectivity index (χ1n) is 7.22. The molecule has 1 aromatic rings. The first-order chi connectivity index (χ1) is 9.91. The molecule has 0 aliphatic carbocycles. The molecule has 5 heteroatoms. The van der Waals surface area contributed by atoms with Crippen molar-refractivity contribution in [2.24, 2.45) is 5.73 Å². The second-order valence-electron chi connectivity index (χ2n) is 5.59. The van der Waals surface area contributed by atoms with Crippen molar-refractivity contribution in [1.82, 2.24) is 5.32 Å². The van der Waals surface area contributed by atoms with Crippen LogP contribution in [0.3, 0.4) is 0 Å². The van der Waals surface area contributed by atoms with Crippen LogP contribution in [0.1, 0.15) is 32.8 Å². The third kappa shape index (κ3) is 5.63. The van der Waals surface area contributed by atoms with Gasteiger partial charge in [0.2, 0.25) is 0 Å². The minimum atomic E-state index is -0.222. The van der Waals surface area contributed by atoms with Gasteiger partial charge in [0.15, 0.2) is 6.61 Å². The van der Waals surface area contributed by atoms with E-state index in [0.717, 1.165) is 17.7 Å². The normalized spacial score (nSPS) is 11.1. The van der Waals surface area contributed by atoms with Crippen molar-refractivity contribution in [1.29, 1.82) is 0 Å². The summed E-state index contributed by atoms with van der Waals surface area (Å²) in [7, 11) is 1.61. The number of nitrogens with two attached hydrogens (primary N) is 1. The Bertz CT molecular complexity index is 473. The highest BCUT2D eigenvalue weighted by molar-refractivity contribution is 5.78. The van der Waals surface area contributed by atoms with Crippen molar-refractivity contribution >= 4 is 5.91 Å². The van der Waals surface area contributed by atoms with Crippen LogP contribution in [0, 0.1) is 0 Å². The lowest BCUT2D eigenvalue weighted by molar-refractivity contribution is -0.124. The standard InChI is InChI=1S/C16H26N2O3/c1-5-16(2,3)18-15(19)11-21-14-7-6-13(20-4)10-12(14)8-9-17/h6-7,10H,5,8-9,11,17H2,1-4H3,(H,18,19). The summed E-state index contributed by atoms with van der Waals surface area (Å²) in [5.41, 5.74) is 6.32. The second-order valence-corrected chi connectivity index (χ2v) is 5.59. The van der Waals surface area contributed by atoms with Crippen molar-refractivity contribution in [3.05, 3.63) is 23.8 Å². The highest BCUT2D eigenvalue weighted by Gasteiger charge is 2.18. The molecule has 0 spiro atoms. The van der Waals surface area contributed by atoms with Crippen LogP contribution in [0.4, 0.5) is 0 Å². The van der Waals surface area contributed by atoms with E-state index in [1.165, 1.54) is 0 Å². The van der Waals surface area contributed by atoms with E-state index < -0.39 is 0 Å². The van der Waals surface area contributed by atoms with Crippen LogP contribution >= 0.6 is 0 Å². The van der Waals surface area contributed by atoms with Crippen LogP contribution in [0.25, 0.3) is 0 Å². The lowest BCUT2D eigenvalue weighted by atomic mass is 10.0. The third-order valence-corrected chi connectivity index (χ3v) is 3.40. The molecule has 0 saturated heterocycles. The van der Waals surface area contributed by atoms with Crippen LogP contribution in [0.2, 0.25) is 0 Å². The van der Waals surface area contributed by atoms with Gasteiger partial charge in [0.05, 0.1) is 7.11 Å². The Balaban J connectivity index is 2.68. The summed E-state index contributed by atoms with van der Waals surface area (Å²) in [6.07, 6.45) is 1.54. The molecule has 0 aromatic heterocycles. The lowest BCUT2D eigenvalue weighted by Crippen LogP contribution is -2.44. The molecule has 0 fully saturated rings. The maximum Gasteiger partial charge on any atom is 0.258 e. The molecule has 1 amide bonds. The van der Waals surface area contributed by atoms with E-state index >= 15 is 0 Å². The molecule has 0 saturated carbocycles. The summed E-state index contributed by atoms with van der Waals surface area (Å²) in [5, 5.41) is 2.94. The molecular formula is C16H26N2O3. The van der Waals surface area contributed by atoms with Crippen molar-refractivity contribution in [3.63, 3.8) is 0 Å². The predicted molar refractivity (Wildman–Crippen MR) is 83.8 cm³/mol. The van der Waals surface area contributed by atoms with E-state index in [0.29, 0.717) is 18.7 Å². The molecule has 21 heavy (non-hydrogen) atoms. The molecule has 0 unspecified atom stereocenters. The van der Waals surface area contributed by atoms with E-state index in [4.69, 9.17) is 15.2 Å². The van der Waals surface area contributed by atoms with E-state index in [-0.39, 0.29) is 18.1 Å². The molecule has 0 heterocycles. The maximum absolute atomic E-state index is 11.9. The van der Waals surface area contributed by atoms with Crippen molar-refractivity contribution < 1.29 is 14.3 Å². The molecule has 1 rings (SSSR count). The van der Waals surface area contributed by atoms with Crippen molar-refractivity contribution in [2.45, 2.75) is 39.2 Å². The number of nitrogens with one attached hydrogen (secondary N) is 1. The number of amides is 1. The fourth-order valence-corrected chi connectivity index (χ4v) is 1.82. The first kappa shape index (κ1) is 17.3. The average molecular weight is 294 g/mol. The van der Waals surface area contributed by atoms with Crippen LogP contribution in [-0.2, 0) is 11.2 Å². The Hall–Kier alpha value is -1.75. The van der Waals surface area contributed by atoms with Gasteiger partial charge >= 0.3 is 0 Å². The minimum Gasteiger partial charge on any atom is -0.497 e. The van der Waals surface area contributed by atoms with Crippen molar-refractivity contribution in [3.8, 4) is 11.5 Å². The van der Waals surface area contributed by atoms with Gasteiger partial charge in [-0.3, -0.25) is 4.79 Å². The van der Waals surface area contributed by atoms with Gasteiger partial charge in [0.1, 0.15) is 11.5 Å². The third-order valence-electron chi connectivity index (χ3n) is 3.40. The number of methoxy groups -OCH3 is 1. The Morgan fingerprint density at radius 1 is 1.38 bits per heavy atom. The number of rotatable bonds is 8. The van der Waals surface area contributed by atoms with E-state index in [1.807, 2.05) is 39.0 Å². The van der Waals surface area contributed by atoms with Crippen LogP contribution in [-0.4, -0.2) is 31.7 Å². The second kappa shape index (κ2) is 7.88. The fourth-order valence-electron chi connectivity index (χ4n) is 1.82. The summed E-state index contributed by atoms with van der Waals surface area (Å²) in [5.74, 6) is 1.30. The molecule has 1 aromatic carbocycles. The van der Waals surface area contributed by atoms with Crippen LogP contribution < -0.4 is 20.5 Å². The summed E-state index contributed by atoms with van der Waals surface area (Å²) in [6.45, 7) is 6.51. The molecular weight excluding hydrogens is 268 g/mol. The molecule has 3 N–H and O–H groups in total. The van der Waals surface area contributed by atoms with E-state index in [1.54, 1.807) is 7.11 Å².